The van der Waals surface area contributed by atoms with Crippen molar-refractivity contribution >= 4 is 28.6 Å². The number of fused-ring (bicyclic) bond motifs is 1. The van der Waals surface area contributed by atoms with E-state index in [0.29, 0.717) is 5.75 Å². The van der Waals surface area contributed by atoms with Crippen molar-refractivity contribution in [1.82, 2.24) is 9.88 Å². The van der Waals surface area contributed by atoms with Crippen molar-refractivity contribution in [2.75, 3.05) is 5.75 Å². The van der Waals surface area contributed by atoms with E-state index in [2.05, 4.69) is 17.4 Å². The number of nitrogens with one attached hydrogen (secondary N) is 1. The summed E-state index contributed by atoms with van der Waals surface area (Å²) in [7, 11) is 1.76. The minimum absolute atomic E-state index is 0.00896. The lowest BCUT2D eigenvalue weighted by Gasteiger charge is -2.14. The van der Waals surface area contributed by atoms with Gasteiger partial charge >= 0.3 is 0 Å². The van der Waals surface area contributed by atoms with E-state index in [0.717, 1.165) is 28.6 Å². The third-order valence-electron chi connectivity index (χ3n) is 4.59. The SMILES string of the molecule is C[C@H](CCc1ccccc1)NC(=O)CSc1cc(=O)n(C)c2ccccc12. The fraction of sp³-hybridized carbons (Fsp3) is 0.273. The van der Waals surface area contributed by atoms with Crippen LogP contribution in [0.5, 0.6) is 0 Å². The van der Waals surface area contributed by atoms with E-state index in [-0.39, 0.29) is 17.5 Å². The van der Waals surface area contributed by atoms with Crippen molar-refractivity contribution in [2.45, 2.75) is 30.7 Å². The summed E-state index contributed by atoms with van der Waals surface area (Å²) in [4.78, 5) is 25.3. The quantitative estimate of drug-likeness (QED) is 0.635. The zero-order valence-corrected chi connectivity index (χ0v) is 16.5. The molecule has 0 radical (unpaired) electrons. The molecule has 0 aliphatic heterocycles. The van der Waals surface area contributed by atoms with Crippen LogP contribution in [0.3, 0.4) is 0 Å². The monoisotopic (exact) mass is 380 g/mol. The molecule has 0 aliphatic rings. The number of amides is 1. The van der Waals surface area contributed by atoms with Crippen LogP contribution in [0, 0.1) is 0 Å². The second-order valence-electron chi connectivity index (χ2n) is 6.70. The van der Waals surface area contributed by atoms with Gasteiger partial charge in [0.05, 0.1) is 11.3 Å². The molecule has 3 rings (SSSR count). The highest BCUT2D eigenvalue weighted by Crippen LogP contribution is 2.25. The van der Waals surface area contributed by atoms with Gasteiger partial charge in [-0.05, 0) is 31.4 Å². The largest absolute Gasteiger partial charge is 0.353 e. The molecule has 0 fully saturated rings. The molecule has 1 aromatic heterocycles. The summed E-state index contributed by atoms with van der Waals surface area (Å²) in [5.41, 5.74) is 2.09. The van der Waals surface area contributed by atoms with E-state index in [9.17, 15) is 9.59 Å². The molecule has 3 aromatic rings. The molecule has 0 aliphatic carbocycles. The fourth-order valence-electron chi connectivity index (χ4n) is 3.06. The van der Waals surface area contributed by atoms with Crippen LogP contribution in [-0.2, 0) is 18.3 Å². The second kappa shape index (κ2) is 8.91. The van der Waals surface area contributed by atoms with E-state index < -0.39 is 0 Å². The number of thioether (sulfide) groups is 1. The van der Waals surface area contributed by atoms with Crippen LogP contribution in [0.4, 0.5) is 0 Å². The number of benzene rings is 2. The number of carbonyl (C=O) groups is 1. The summed E-state index contributed by atoms with van der Waals surface area (Å²) in [5.74, 6) is 0.289. The van der Waals surface area contributed by atoms with Gasteiger partial charge in [0.25, 0.3) is 5.56 Å². The molecule has 1 atom stereocenters. The lowest BCUT2D eigenvalue weighted by atomic mass is 10.1. The van der Waals surface area contributed by atoms with Crippen LogP contribution >= 0.6 is 11.8 Å². The van der Waals surface area contributed by atoms with Gasteiger partial charge in [0.15, 0.2) is 0 Å². The smallest absolute Gasteiger partial charge is 0.251 e. The number of aryl methyl sites for hydroxylation is 2. The Morgan fingerprint density at radius 1 is 1.11 bits per heavy atom. The summed E-state index contributed by atoms with van der Waals surface area (Å²) in [6.07, 6.45) is 1.84. The highest BCUT2D eigenvalue weighted by atomic mass is 32.2. The molecule has 1 heterocycles. The molecular weight excluding hydrogens is 356 g/mol. The number of rotatable bonds is 7. The summed E-state index contributed by atoms with van der Waals surface area (Å²) < 4.78 is 1.63. The fourth-order valence-corrected chi connectivity index (χ4v) is 3.94. The van der Waals surface area contributed by atoms with Gasteiger partial charge in [0.2, 0.25) is 5.91 Å². The Labute approximate surface area is 163 Å². The van der Waals surface area contributed by atoms with Gasteiger partial charge in [0, 0.05) is 29.4 Å². The van der Waals surface area contributed by atoms with Crippen LogP contribution < -0.4 is 10.9 Å². The van der Waals surface area contributed by atoms with Gasteiger partial charge < -0.3 is 9.88 Å². The number of pyridine rings is 1. The molecule has 0 unspecified atom stereocenters. The minimum Gasteiger partial charge on any atom is -0.353 e. The van der Waals surface area contributed by atoms with E-state index in [1.165, 1.54) is 17.3 Å². The molecule has 0 saturated heterocycles. The van der Waals surface area contributed by atoms with Crippen molar-refractivity contribution in [2.24, 2.45) is 7.05 Å². The van der Waals surface area contributed by atoms with Gasteiger partial charge in [-0.15, -0.1) is 11.8 Å². The number of hydrogen-bond donors (Lipinski definition) is 1. The summed E-state index contributed by atoms with van der Waals surface area (Å²) in [6.45, 7) is 2.03. The maximum atomic E-state index is 12.3. The first kappa shape index (κ1) is 19.2. The van der Waals surface area contributed by atoms with Gasteiger partial charge in [-0.25, -0.2) is 0 Å². The molecule has 27 heavy (non-hydrogen) atoms. The maximum absolute atomic E-state index is 12.3. The van der Waals surface area contributed by atoms with Gasteiger partial charge in [-0.1, -0.05) is 48.5 Å². The van der Waals surface area contributed by atoms with Crippen molar-refractivity contribution < 1.29 is 4.79 Å². The first-order chi connectivity index (χ1) is 13.0. The van der Waals surface area contributed by atoms with E-state index in [1.54, 1.807) is 17.7 Å². The highest BCUT2D eigenvalue weighted by molar-refractivity contribution is 8.00. The van der Waals surface area contributed by atoms with Crippen molar-refractivity contribution in [3.05, 3.63) is 76.6 Å². The third-order valence-corrected chi connectivity index (χ3v) is 5.65. The lowest BCUT2D eigenvalue weighted by molar-refractivity contribution is -0.119. The normalized spacial score (nSPS) is 12.1. The Morgan fingerprint density at radius 2 is 1.81 bits per heavy atom. The van der Waals surface area contributed by atoms with Crippen LogP contribution in [0.2, 0.25) is 0 Å². The Kier molecular flexibility index (Phi) is 6.35. The van der Waals surface area contributed by atoms with Crippen LogP contribution in [-0.4, -0.2) is 22.3 Å². The number of carbonyl (C=O) groups excluding carboxylic acids is 1. The number of para-hydroxylation sites is 1. The van der Waals surface area contributed by atoms with Gasteiger partial charge in [-0.3, -0.25) is 9.59 Å². The van der Waals surface area contributed by atoms with Crippen LogP contribution in [0.15, 0.2) is 70.4 Å². The maximum Gasteiger partial charge on any atom is 0.251 e. The second-order valence-corrected chi connectivity index (χ2v) is 7.72. The predicted octanol–water partition coefficient (Wildman–Crippen LogP) is 3.77. The van der Waals surface area contributed by atoms with Crippen LogP contribution in [0.25, 0.3) is 10.9 Å². The van der Waals surface area contributed by atoms with E-state index >= 15 is 0 Å². The minimum atomic E-state index is -0.0622. The molecule has 0 spiro atoms. The summed E-state index contributed by atoms with van der Waals surface area (Å²) >= 11 is 1.41. The number of aromatic nitrogens is 1. The average Bonchev–Trinajstić information content (AvgIpc) is 2.69. The molecule has 5 heteroatoms. The highest BCUT2D eigenvalue weighted by Gasteiger charge is 2.11. The Balaban J connectivity index is 1.57. The van der Waals surface area contributed by atoms with Crippen molar-refractivity contribution in [1.29, 1.82) is 0 Å². The molecule has 0 bridgehead atoms. The van der Waals surface area contributed by atoms with E-state index in [1.807, 2.05) is 49.4 Å². The standard InChI is InChI=1S/C22H24N2O2S/c1-16(12-13-17-8-4-3-5-9-17)23-21(25)15-27-20-14-22(26)24(2)19-11-7-6-10-18(19)20/h3-11,14,16H,12-13,15H2,1-2H3,(H,23,25)/t16-/m1/s1. The molecule has 0 saturated carbocycles. The Bertz CT molecular complexity index is 983. The topological polar surface area (TPSA) is 51.1 Å². The van der Waals surface area contributed by atoms with Crippen molar-refractivity contribution in [3.63, 3.8) is 0 Å². The Hall–Kier alpha value is -2.53. The molecule has 1 amide bonds. The first-order valence-corrected chi connectivity index (χ1v) is 10.1. The van der Waals surface area contributed by atoms with Crippen molar-refractivity contribution in [3.8, 4) is 0 Å². The predicted molar refractivity (Wildman–Crippen MR) is 112 cm³/mol. The lowest BCUT2D eigenvalue weighted by Crippen LogP contribution is -2.34. The average molecular weight is 381 g/mol. The summed E-state index contributed by atoms with van der Waals surface area (Å²) in [5, 5.41) is 4.05. The Morgan fingerprint density at radius 3 is 2.59 bits per heavy atom. The van der Waals surface area contributed by atoms with Crippen LogP contribution in [0.1, 0.15) is 18.9 Å². The number of nitrogens with zero attached hydrogens (tertiary/aromatic N) is 1. The molecular formula is C22H24N2O2S. The van der Waals surface area contributed by atoms with E-state index in [4.69, 9.17) is 0 Å². The number of hydrogen-bond acceptors (Lipinski definition) is 3. The first-order valence-electron chi connectivity index (χ1n) is 9.09. The zero-order valence-electron chi connectivity index (χ0n) is 15.6. The third kappa shape index (κ3) is 5.01. The van der Waals surface area contributed by atoms with Gasteiger partial charge in [0.1, 0.15) is 0 Å². The molecule has 1 N–H and O–H groups in total. The molecule has 2 aromatic carbocycles. The molecule has 140 valence electrons. The summed E-state index contributed by atoms with van der Waals surface area (Å²) in [6, 6.07) is 19.8. The zero-order chi connectivity index (χ0) is 19.2. The molecule has 4 nitrogen and oxygen atoms in total. The van der Waals surface area contributed by atoms with Gasteiger partial charge in [-0.2, -0.15) is 0 Å².